The number of aldehydes is 3. The summed E-state index contributed by atoms with van der Waals surface area (Å²) in [6.07, 6.45) is 15.6. The van der Waals surface area contributed by atoms with Crippen molar-refractivity contribution in [3.8, 4) is 0 Å². The Morgan fingerprint density at radius 1 is 0.538 bits per heavy atom. The van der Waals surface area contributed by atoms with Crippen LogP contribution < -0.4 is 69.7 Å². The first-order chi connectivity index (χ1) is 47.9. The van der Waals surface area contributed by atoms with E-state index >= 15 is 0 Å². The first-order valence-corrected chi connectivity index (χ1v) is 38.3. The van der Waals surface area contributed by atoms with Gasteiger partial charge in [-0.15, -0.1) is 0 Å². The Morgan fingerprint density at radius 3 is 1.17 bits per heavy atom. The second kappa shape index (κ2) is 47.4. The number of aromatic nitrogens is 8. The van der Waals surface area contributed by atoms with Gasteiger partial charge in [0.25, 0.3) is 6.47 Å². The predicted octanol–water partition coefficient (Wildman–Crippen LogP) is 7.42. The molecule has 4 aromatic heterocycles. The van der Waals surface area contributed by atoms with E-state index in [1.165, 1.54) is 12.0 Å². The van der Waals surface area contributed by atoms with Gasteiger partial charge in [0.2, 0.25) is 5.91 Å². The van der Waals surface area contributed by atoms with Crippen LogP contribution in [0.15, 0.2) is 24.8 Å². The number of imidazole rings is 4. The summed E-state index contributed by atoms with van der Waals surface area (Å²) in [7, 11) is 1.29. The number of amides is 6. The molecule has 11 atom stereocenters. The van der Waals surface area contributed by atoms with Crippen LogP contribution in [-0.4, -0.2) is 198 Å². The number of likely N-dealkylation sites (tertiary alicyclic amines) is 5. The largest absolute Gasteiger partial charge is 1.00 e. The van der Waals surface area contributed by atoms with Crippen LogP contribution in [-0.2, 0) is 52.5 Å². The van der Waals surface area contributed by atoms with Gasteiger partial charge in [0.05, 0.1) is 57.1 Å². The van der Waals surface area contributed by atoms with Gasteiger partial charge in [-0.1, -0.05) is 21.3 Å². The molecular weight excluding hydrogens is 1850 g/mol. The smallest absolute Gasteiger partial charge is 1.00 e. The van der Waals surface area contributed by atoms with E-state index in [2.05, 4.69) is 159 Å². The Balaban J connectivity index is 0. The summed E-state index contributed by atoms with van der Waals surface area (Å²) in [4.78, 5) is 152. The molecule has 0 radical (unpaired) electrons. The molecule has 0 saturated carbocycles. The first kappa shape index (κ1) is 102. The van der Waals surface area contributed by atoms with Crippen LogP contribution in [0.25, 0.3) is 0 Å². The van der Waals surface area contributed by atoms with Crippen LogP contribution in [0.4, 0.5) is 24.0 Å². The minimum atomic E-state index is -0.612. The molecule has 5 N–H and O–H groups in total. The molecule has 0 spiro atoms. The van der Waals surface area contributed by atoms with Gasteiger partial charge in [0.1, 0.15) is 65.4 Å². The van der Waals surface area contributed by atoms with E-state index in [0.717, 1.165) is 109 Å². The molecule has 4 aromatic rings. The molecular formula is C69H110I4N14Na2O17. The summed E-state index contributed by atoms with van der Waals surface area (Å²) in [5, 5.41) is 11.1. The normalized spacial score (nSPS) is 21.7. The first-order valence-electron chi connectivity index (χ1n) is 34.0. The van der Waals surface area contributed by atoms with Crippen molar-refractivity contribution in [3.05, 3.63) is 62.9 Å². The maximum Gasteiger partial charge on any atom is 1.00 e. The van der Waals surface area contributed by atoms with Gasteiger partial charge in [0, 0.05) is 42.6 Å². The summed E-state index contributed by atoms with van der Waals surface area (Å²) in [6.45, 7) is 36.2. The molecule has 5 aliphatic rings. The van der Waals surface area contributed by atoms with Crippen LogP contribution in [0.1, 0.15) is 252 Å². The SMILES string of the molecule is C.COC(=O)N[C@H](C(=O)N1[C@@H](C)CC[C@H]1c1ncc(I)[nH]1)C(C)C.C[C@H]1CC[C@@H](C=O)N1C(=O)OC(C)(C)C.C[C@H]1CC[C@@H](c2nc(I)c(I)[nH]2)N1C(=O)OC(C)(C)C.C[C@H]1CC[C@@H](c2ncc(I)[nH]2)N1C(=O)OC(C)(C)C.C[C@H]1CC[C@@H](c2ncc[nH]2)N1C(=O)OC(C)(C)C.O=CC=O.O=CO[O-].[H-].[Na+].[Na+]. The number of aromatic amines is 4. The number of nitrogens with one attached hydrogen (secondary N) is 5. The van der Waals surface area contributed by atoms with Gasteiger partial charge in [-0.3, -0.25) is 38.8 Å². The molecule has 106 heavy (non-hydrogen) atoms. The number of rotatable bonds is 10. The van der Waals surface area contributed by atoms with Crippen LogP contribution >= 0.6 is 90.4 Å². The zero-order chi connectivity index (χ0) is 78.2. The number of carbonyl (C=O) groups excluding carboxylic acids is 10. The van der Waals surface area contributed by atoms with E-state index in [4.69, 9.17) is 38.6 Å². The van der Waals surface area contributed by atoms with Gasteiger partial charge < -0.3 is 70.2 Å². The van der Waals surface area contributed by atoms with Gasteiger partial charge in [0.15, 0.2) is 12.6 Å². The zero-order valence-electron chi connectivity index (χ0n) is 65.6. The molecule has 37 heteroatoms. The molecule has 0 aromatic carbocycles. The van der Waals surface area contributed by atoms with Crippen molar-refractivity contribution in [2.75, 3.05) is 7.11 Å². The Labute approximate surface area is 724 Å². The number of hydrogen-bond acceptors (Lipinski definition) is 21. The van der Waals surface area contributed by atoms with E-state index in [1.807, 2.05) is 128 Å². The molecule has 9 rings (SSSR count). The summed E-state index contributed by atoms with van der Waals surface area (Å²) in [5.74, 6) is 3.21. The molecule has 9 heterocycles. The summed E-state index contributed by atoms with van der Waals surface area (Å²) in [5.41, 5.74) is -1.92. The monoisotopic (exact) mass is 1960 g/mol. The topological polar surface area (TPSA) is 392 Å². The Hall–Kier alpha value is -3.98. The third-order valence-electron chi connectivity index (χ3n) is 16.2. The Morgan fingerprint density at radius 2 is 0.877 bits per heavy atom. The molecule has 6 amide bonds. The van der Waals surface area contributed by atoms with E-state index in [0.29, 0.717) is 0 Å². The summed E-state index contributed by atoms with van der Waals surface area (Å²) in [6, 6.07) is -0.273. The molecule has 5 saturated heterocycles. The Kier molecular flexibility index (Phi) is 45.6. The summed E-state index contributed by atoms with van der Waals surface area (Å²) >= 11 is 8.77. The minimum absolute atomic E-state index is 0. The van der Waals surface area contributed by atoms with E-state index < -0.39 is 34.5 Å². The zero-order valence-corrected chi connectivity index (χ0v) is 77.2. The van der Waals surface area contributed by atoms with Crippen molar-refractivity contribution in [1.29, 1.82) is 0 Å². The standard InChI is InChI=1S/C15H23IN4O3.C13H19I2N3O2.C13H20IN3O2.C13H21N3O2.C11H19NO3.C2H2O2.CH2O3.CH4.2Na.H/c1-8(2)12(19-15(22)23-4)14(21)20-9(3)5-6-10(20)13-17-7-11(16)18-13;1-7-5-6-8(11-16-9(14)10(15)17-11)18(7)12(19)20-13(2,3)4;1-8-5-6-9(11-15-7-10(14)16-11)17(8)12(18)19-13(2,3)4;1-9-5-6-10(11-14-7-8-15-11)16(9)12(17)18-13(2,3)4;1-8-5-6-9(7-13)12(8)10(14)15-11(2,3)4;3-1-2-4;2-1-4-3;;;;/h7-10,12H,5-6H2,1-4H3,(H,17,18)(H,19,22);7-8H,5-6H2,1-4H3,(H,16,17);7-9H,5-6H2,1-4H3,(H,15,16);7-10H,5-6H2,1-4H3,(H,14,15);7-9H,5-6H2,1-4H3;1-2H;1,3H;1H4;;;/q;;;;;;;;2*+1;-1/p-1/t9-,10-,12-;7-,8-;8-,9-;9-,10-;8-,9-;;;;;;/m00000....../s1. The van der Waals surface area contributed by atoms with Gasteiger partial charge in [-0.05, 0) is 278 Å². The van der Waals surface area contributed by atoms with Crippen molar-refractivity contribution in [2.24, 2.45) is 5.92 Å². The number of ether oxygens (including phenoxy) is 5. The fourth-order valence-corrected chi connectivity index (χ4v) is 13.4. The fraction of sp³-hybridized carbons (Fsp3) is 0.681. The quantitative estimate of drug-likeness (QED) is 0.0196. The van der Waals surface area contributed by atoms with Crippen LogP contribution in [0.5, 0.6) is 0 Å². The molecule has 31 nitrogen and oxygen atoms in total. The van der Waals surface area contributed by atoms with E-state index in [9.17, 15) is 33.6 Å². The van der Waals surface area contributed by atoms with Gasteiger partial charge in [-0.25, -0.2) is 43.9 Å². The maximum absolute atomic E-state index is 13.1. The molecule has 5 aliphatic heterocycles. The number of hydrogen-bond donors (Lipinski definition) is 5. The number of halogens is 4. The number of carbonyl (C=O) groups is 10. The fourth-order valence-electron chi connectivity index (χ4n) is 11.8. The second-order valence-electron chi connectivity index (χ2n) is 29.5. The van der Waals surface area contributed by atoms with Crippen LogP contribution in [0.2, 0.25) is 0 Å². The average molecular weight is 1960 g/mol. The third-order valence-corrected chi connectivity index (χ3v) is 19.9. The maximum atomic E-state index is 13.1. The molecule has 588 valence electrons. The predicted molar refractivity (Wildman–Crippen MR) is 420 cm³/mol. The number of methoxy groups -OCH3 is 1. The van der Waals surface area contributed by atoms with Crippen LogP contribution in [0, 0.1) is 20.7 Å². The van der Waals surface area contributed by atoms with E-state index in [1.54, 1.807) is 34.6 Å². The average Bonchev–Trinajstić information content (AvgIpc) is 1.69. The van der Waals surface area contributed by atoms with Crippen molar-refractivity contribution in [2.45, 2.75) is 292 Å². The van der Waals surface area contributed by atoms with Crippen molar-refractivity contribution >= 4 is 152 Å². The van der Waals surface area contributed by atoms with Crippen molar-refractivity contribution in [1.82, 2.24) is 69.7 Å². The van der Waals surface area contributed by atoms with Gasteiger partial charge in [-0.2, -0.15) is 0 Å². The molecule has 0 aliphatic carbocycles. The molecule has 0 unspecified atom stereocenters. The third kappa shape index (κ3) is 33.1. The molecule has 5 fully saturated rings. The number of H-pyrrole nitrogens is 4. The van der Waals surface area contributed by atoms with Crippen molar-refractivity contribution < 1.29 is 142 Å². The number of nitrogens with zero attached hydrogens (tertiary/aromatic N) is 9. The summed E-state index contributed by atoms with van der Waals surface area (Å²) < 4.78 is 30.3. The second-order valence-corrected chi connectivity index (χ2v) is 33.9. The number of alkyl carbamates (subject to hydrolysis) is 1. The van der Waals surface area contributed by atoms with Crippen LogP contribution in [0.3, 0.4) is 0 Å². The minimum Gasteiger partial charge on any atom is -1.00 e. The molecule has 0 bridgehead atoms. The van der Waals surface area contributed by atoms with Gasteiger partial charge >= 0.3 is 89.6 Å². The van der Waals surface area contributed by atoms with Crippen molar-refractivity contribution in [3.63, 3.8) is 0 Å². The Bertz CT molecular complexity index is 3360. The van der Waals surface area contributed by atoms with E-state index in [-0.39, 0.29) is 184 Å².